The van der Waals surface area contributed by atoms with Gasteiger partial charge in [-0.3, -0.25) is 0 Å². The van der Waals surface area contributed by atoms with Crippen LogP contribution in [0.5, 0.6) is 11.5 Å². The summed E-state index contributed by atoms with van der Waals surface area (Å²) in [6.45, 7) is 4.79. The van der Waals surface area contributed by atoms with Gasteiger partial charge in [-0.05, 0) is 42.7 Å². The van der Waals surface area contributed by atoms with Gasteiger partial charge in [0.05, 0.1) is 13.7 Å². The summed E-state index contributed by atoms with van der Waals surface area (Å²) in [7, 11) is 1.69. The van der Waals surface area contributed by atoms with Crippen LogP contribution in [-0.4, -0.2) is 26.4 Å². The second kappa shape index (κ2) is 8.18. The normalized spacial score (nSPS) is 16.3. The molecule has 0 saturated carbocycles. The van der Waals surface area contributed by atoms with Gasteiger partial charge in [-0.2, -0.15) is 0 Å². The summed E-state index contributed by atoms with van der Waals surface area (Å²) < 4.78 is 16.8. The van der Waals surface area contributed by atoms with Crippen molar-refractivity contribution >= 4 is 0 Å². The number of rotatable bonds is 7. The van der Waals surface area contributed by atoms with Crippen LogP contribution in [-0.2, 0) is 24.3 Å². The molecule has 0 radical (unpaired) electrons. The SMILES string of the molecule is CCOCc1cc(CN[C@H]2COc3ccccc3C2)ccc1OC. The molecule has 0 saturated heterocycles. The maximum atomic E-state index is 5.84. The predicted molar refractivity (Wildman–Crippen MR) is 94.6 cm³/mol. The quantitative estimate of drug-likeness (QED) is 0.847. The average molecular weight is 327 g/mol. The van der Waals surface area contributed by atoms with Crippen LogP contribution in [0.25, 0.3) is 0 Å². The fourth-order valence-corrected chi connectivity index (χ4v) is 2.99. The summed E-state index contributed by atoms with van der Waals surface area (Å²) in [4.78, 5) is 0. The molecule has 2 aromatic rings. The van der Waals surface area contributed by atoms with Crippen LogP contribution < -0.4 is 14.8 Å². The molecule has 0 spiro atoms. The topological polar surface area (TPSA) is 39.7 Å². The van der Waals surface area contributed by atoms with Gasteiger partial charge in [0.1, 0.15) is 18.1 Å². The molecule has 0 aliphatic carbocycles. The lowest BCUT2D eigenvalue weighted by molar-refractivity contribution is 0.132. The number of methoxy groups -OCH3 is 1. The Hall–Kier alpha value is -2.04. The third-order valence-electron chi connectivity index (χ3n) is 4.28. The van der Waals surface area contributed by atoms with Gasteiger partial charge < -0.3 is 19.5 Å². The molecule has 1 atom stereocenters. The molecule has 24 heavy (non-hydrogen) atoms. The first-order valence-electron chi connectivity index (χ1n) is 8.47. The van der Waals surface area contributed by atoms with Crippen molar-refractivity contribution in [2.45, 2.75) is 32.5 Å². The van der Waals surface area contributed by atoms with E-state index in [4.69, 9.17) is 14.2 Å². The minimum atomic E-state index is 0.331. The highest BCUT2D eigenvalue weighted by Crippen LogP contribution is 2.24. The van der Waals surface area contributed by atoms with Gasteiger partial charge in [-0.15, -0.1) is 0 Å². The van der Waals surface area contributed by atoms with Gasteiger partial charge in [-0.1, -0.05) is 24.3 Å². The number of nitrogens with one attached hydrogen (secondary N) is 1. The second-order valence-corrected chi connectivity index (χ2v) is 5.98. The van der Waals surface area contributed by atoms with Crippen molar-refractivity contribution in [1.82, 2.24) is 5.32 Å². The second-order valence-electron chi connectivity index (χ2n) is 5.98. The number of hydrogen-bond acceptors (Lipinski definition) is 4. The minimum absolute atomic E-state index is 0.331. The lowest BCUT2D eigenvalue weighted by Gasteiger charge is -2.26. The zero-order valence-electron chi connectivity index (χ0n) is 14.4. The number of benzene rings is 2. The fourth-order valence-electron chi connectivity index (χ4n) is 2.99. The van der Waals surface area contributed by atoms with E-state index in [0.29, 0.717) is 25.9 Å². The summed E-state index contributed by atoms with van der Waals surface area (Å²) >= 11 is 0. The summed E-state index contributed by atoms with van der Waals surface area (Å²) in [5.74, 6) is 1.89. The van der Waals surface area contributed by atoms with Crippen molar-refractivity contribution in [1.29, 1.82) is 0 Å². The Morgan fingerprint density at radius 2 is 2.08 bits per heavy atom. The minimum Gasteiger partial charge on any atom is -0.496 e. The molecule has 1 N–H and O–H groups in total. The van der Waals surface area contributed by atoms with E-state index in [1.807, 2.05) is 25.1 Å². The molecule has 0 amide bonds. The van der Waals surface area contributed by atoms with Crippen molar-refractivity contribution in [2.75, 3.05) is 20.3 Å². The molecule has 1 heterocycles. The lowest BCUT2D eigenvalue weighted by Crippen LogP contribution is -2.38. The Bertz CT molecular complexity index is 672. The van der Waals surface area contributed by atoms with E-state index in [2.05, 4.69) is 29.6 Å². The Morgan fingerprint density at radius 1 is 1.21 bits per heavy atom. The molecule has 0 unspecified atom stereocenters. The van der Waals surface area contributed by atoms with Crippen molar-refractivity contribution in [2.24, 2.45) is 0 Å². The maximum absolute atomic E-state index is 5.84. The molecule has 3 rings (SSSR count). The third-order valence-corrected chi connectivity index (χ3v) is 4.28. The van der Waals surface area contributed by atoms with Crippen molar-refractivity contribution < 1.29 is 14.2 Å². The van der Waals surface area contributed by atoms with E-state index in [9.17, 15) is 0 Å². The molecule has 1 aliphatic rings. The molecule has 1 aliphatic heterocycles. The van der Waals surface area contributed by atoms with Gasteiger partial charge in [0.15, 0.2) is 0 Å². The maximum Gasteiger partial charge on any atom is 0.124 e. The van der Waals surface area contributed by atoms with E-state index in [0.717, 1.165) is 30.0 Å². The van der Waals surface area contributed by atoms with Crippen LogP contribution in [0, 0.1) is 0 Å². The highest BCUT2D eigenvalue weighted by Gasteiger charge is 2.18. The first-order chi connectivity index (χ1) is 11.8. The van der Waals surface area contributed by atoms with Crippen molar-refractivity contribution in [3.8, 4) is 11.5 Å². The summed E-state index contributed by atoms with van der Waals surface area (Å²) in [6.07, 6.45) is 0.998. The van der Waals surface area contributed by atoms with E-state index in [1.54, 1.807) is 7.11 Å². The number of para-hydroxylation sites is 1. The molecule has 4 nitrogen and oxygen atoms in total. The first-order valence-corrected chi connectivity index (χ1v) is 8.47. The summed E-state index contributed by atoms with van der Waals surface area (Å²) in [6, 6.07) is 14.8. The number of fused-ring (bicyclic) bond motifs is 1. The van der Waals surface area contributed by atoms with E-state index < -0.39 is 0 Å². The van der Waals surface area contributed by atoms with Gasteiger partial charge in [0, 0.05) is 24.8 Å². The van der Waals surface area contributed by atoms with Gasteiger partial charge in [-0.25, -0.2) is 0 Å². The average Bonchev–Trinajstić information content (AvgIpc) is 2.64. The van der Waals surface area contributed by atoms with Crippen molar-refractivity contribution in [3.05, 3.63) is 59.2 Å². The van der Waals surface area contributed by atoms with Crippen LogP contribution in [0.2, 0.25) is 0 Å². The molecule has 4 heteroatoms. The molecular weight excluding hydrogens is 302 g/mol. The summed E-state index contributed by atoms with van der Waals surface area (Å²) in [5.41, 5.74) is 3.58. The van der Waals surface area contributed by atoms with E-state index in [-0.39, 0.29) is 0 Å². The van der Waals surface area contributed by atoms with Crippen LogP contribution in [0.4, 0.5) is 0 Å². The molecule has 0 fully saturated rings. The van der Waals surface area contributed by atoms with Gasteiger partial charge >= 0.3 is 0 Å². The van der Waals surface area contributed by atoms with Crippen LogP contribution in [0.1, 0.15) is 23.6 Å². The monoisotopic (exact) mass is 327 g/mol. The molecule has 128 valence electrons. The Labute approximate surface area is 143 Å². The fraction of sp³-hybridized carbons (Fsp3) is 0.400. The highest BCUT2D eigenvalue weighted by molar-refractivity contribution is 5.37. The molecule has 0 aromatic heterocycles. The molecule has 0 bridgehead atoms. The standard InChI is InChI=1S/C20H25NO3/c1-3-23-13-17-10-15(8-9-19(17)22-2)12-21-18-11-16-6-4-5-7-20(16)24-14-18/h4-10,18,21H,3,11-14H2,1-2H3/t18-/m1/s1. The predicted octanol–water partition coefficient (Wildman–Crippen LogP) is 3.33. The lowest BCUT2D eigenvalue weighted by atomic mass is 10.0. The third kappa shape index (κ3) is 4.08. The Morgan fingerprint density at radius 3 is 2.92 bits per heavy atom. The van der Waals surface area contributed by atoms with Crippen molar-refractivity contribution in [3.63, 3.8) is 0 Å². The smallest absolute Gasteiger partial charge is 0.124 e. The van der Waals surface area contributed by atoms with Gasteiger partial charge in [0.25, 0.3) is 0 Å². The van der Waals surface area contributed by atoms with Crippen LogP contribution in [0.3, 0.4) is 0 Å². The zero-order valence-corrected chi connectivity index (χ0v) is 14.4. The Kier molecular flexibility index (Phi) is 5.72. The van der Waals surface area contributed by atoms with E-state index in [1.165, 1.54) is 11.1 Å². The van der Waals surface area contributed by atoms with E-state index >= 15 is 0 Å². The summed E-state index contributed by atoms with van der Waals surface area (Å²) in [5, 5.41) is 3.59. The number of hydrogen-bond donors (Lipinski definition) is 1. The molecular formula is C20H25NO3. The van der Waals surface area contributed by atoms with Crippen LogP contribution in [0.15, 0.2) is 42.5 Å². The zero-order chi connectivity index (χ0) is 16.8. The first kappa shape index (κ1) is 16.8. The number of ether oxygens (including phenoxy) is 3. The molecule has 2 aromatic carbocycles. The van der Waals surface area contributed by atoms with Crippen LogP contribution >= 0.6 is 0 Å². The van der Waals surface area contributed by atoms with Gasteiger partial charge in [0.2, 0.25) is 0 Å². The largest absolute Gasteiger partial charge is 0.496 e. The highest BCUT2D eigenvalue weighted by atomic mass is 16.5. The Balaban J connectivity index is 1.60.